The summed E-state index contributed by atoms with van der Waals surface area (Å²) in [4.78, 5) is 16.5. The van der Waals surface area contributed by atoms with E-state index in [-0.39, 0.29) is 12.2 Å². The van der Waals surface area contributed by atoms with Crippen molar-refractivity contribution in [3.05, 3.63) is 66.8 Å². The lowest BCUT2D eigenvalue weighted by Gasteiger charge is -1.99. The van der Waals surface area contributed by atoms with Crippen molar-refractivity contribution < 1.29 is 13.6 Å². The van der Waals surface area contributed by atoms with Crippen LogP contribution in [0.4, 0.5) is 0 Å². The van der Waals surface area contributed by atoms with E-state index in [1.807, 2.05) is 24.3 Å². The van der Waals surface area contributed by atoms with Gasteiger partial charge in [-0.15, -0.1) is 0 Å². The topological polar surface area (TPSA) is 73.5 Å². The van der Waals surface area contributed by atoms with E-state index in [1.54, 1.807) is 29.2 Å². The van der Waals surface area contributed by atoms with Crippen molar-refractivity contribution >= 4 is 11.4 Å². The van der Waals surface area contributed by atoms with E-state index >= 15 is 0 Å². The molecule has 108 valence electrons. The van der Waals surface area contributed by atoms with E-state index in [1.165, 1.54) is 6.26 Å². The fourth-order valence-electron chi connectivity index (χ4n) is 2.32. The number of fused-ring (bicyclic) bond motifs is 1. The van der Waals surface area contributed by atoms with Crippen LogP contribution < -0.4 is 0 Å². The van der Waals surface area contributed by atoms with Crippen LogP contribution in [0.25, 0.3) is 16.9 Å². The zero-order chi connectivity index (χ0) is 14.9. The number of pyridine rings is 1. The molecule has 4 aromatic rings. The second kappa shape index (κ2) is 5.00. The first-order valence-corrected chi connectivity index (χ1v) is 6.75. The lowest BCUT2D eigenvalue weighted by molar-refractivity contribution is 0.0964. The largest absolute Gasteiger partial charge is 0.472 e. The number of rotatable bonds is 4. The van der Waals surface area contributed by atoms with Crippen LogP contribution in [0.5, 0.6) is 0 Å². The molecule has 0 saturated carbocycles. The van der Waals surface area contributed by atoms with Crippen LogP contribution in [-0.2, 0) is 6.42 Å². The third-order valence-electron chi connectivity index (χ3n) is 3.34. The van der Waals surface area contributed by atoms with Crippen molar-refractivity contribution in [3.8, 4) is 11.3 Å². The Kier molecular flexibility index (Phi) is 2.86. The number of furan rings is 2. The van der Waals surface area contributed by atoms with E-state index in [0.717, 1.165) is 11.3 Å². The number of nitrogens with zero attached hydrogens (tertiary/aromatic N) is 3. The third-order valence-corrected chi connectivity index (χ3v) is 3.34. The van der Waals surface area contributed by atoms with Gasteiger partial charge in [-0.1, -0.05) is 6.07 Å². The molecule has 0 fully saturated rings. The minimum Gasteiger partial charge on any atom is -0.472 e. The molecule has 0 radical (unpaired) electrons. The number of hydrogen-bond acceptors (Lipinski definition) is 5. The molecule has 0 atom stereocenters. The van der Waals surface area contributed by atoms with E-state index in [0.29, 0.717) is 17.2 Å². The lowest BCUT2D eigenvalue weighted by atomic mass is 10.2. The van der Waals surface area contributed by atoms with Gasteiger partial charge < -0.3 is 8.83 Å². The van der Waals surface area contributed by atoms with Gasteiger partial charge in [0, 0.05) is 5.56 Å². The summed E-state index contributed by atoms with van der Waals surface area (Å²) in [5.74, 6) is 0.622. The van der Waals surface area contributed by atoms with Gasteiger partial charge in [-0.3, -0.25) is 4.79 Å². The summed E-state index contributed by atoms with van der Waals surface area (Å²) in [6.07, 6.45) is 4.82. The van der Waals surface area contributed by atoms with Gasteiger partial charge in [-0.05, 0) is 30.3 Å². The molecule has 6 heteroatoms. The maximum Gasteiger partial charge on any atom is 0.205 e. The van der Waals surface area contributed by atoms with E-state index in [4.69, 9.17) is 8.83 Å². The van der Waals surface area contributed by atoms with Crippen molar-refractivity contribution in [2.24, 2.45) is 0 Å². The molecular formula is C16H11N3O3. The van der Waals surface area contributed by atoms with Crippen LogP contribution in [0.1, 0.15) is 16.4 Å². The van der Waals surface area contributed by atoms with Crippen molar-refractivity contribution in [1.29, 1.82) is 0 Å². The number of aromatic nitrogens is 3. The van der Waals surface area contributed by atoms with Gasteiger partial charge in [0.1, 0.15) is 0 Å². The van der Waals surface area contributed by atoms with Crippen molar-refractivity contribution in [2.45, 2.75) is 6.42 Å². The van der Waals surface area contributed by atoms with Crippen molar-refractivity contribution in [3.63, 3.8) is 0 Å². The summed E-state index contributed by atoms with van der Waals surface area (Å²) >= 11 is 0. The third kappa shape index (κ3) is 2.10. The molecule has 0 N–H and O–H groups in total. The lowest BCUT2D eigenvalue weighted by Crippen LogP contribution is -2.04. The van der Waals surface area contributed by atoms with E-state index in [9.17, 15) is 4.79 Å². The van der Waals surface area contributed by atoms with Crippen molar-refractivity contribution in [2.75, 3.05) is 0 Å². The number of Topliss-reactive ketones (excluding diaryl/α,β-unsaturated/α-hetero) is 1. The Hall–Kier alpha value is -3.15. The Morgan fingerprint density at radius 3 is 2.86 bits per heavy atom. The predicted molar refractivity (Wildman–Crippen MR) is 77.4 cm³/mol. The highest BCUT2D eigenvalue weighted by Crippen LogP contribution is 2.20. The Bertz CT molecular complexity index is 921. The van der Waals surface area contributed by atoms with E-state index < -0.39 is 0 Å². The smallest absolute Gasteiger partial charge is 0.205 e. The maximum atomic E-state index is 12.1. The highest BCUT2D eigenvalue weighted by Gasteiger charge is 2.15. The molecule has 6 nitrogen and oxygen atoms in total. The predicted octanol–water partition coefficient (Wildman–Crippen LogP) is 3.01. The Balaban J connectivity index is 1.72. The van der Waals surface area contributed by atoms with Gasteiger partial charge in [0.2, 0.25) is 5.78 Å². The zero-order valence-electron chi connectivity index (χ0n) is 11.5. The fourth-order valence-corrected chi connectivity index (χ4v) is 2.32. The average molecular weight is 293 g/mol. The van der Waals surface area contributed by atoms with Crippen LogP contribution in [0.3, 0.4) is 0 Å². The Morgan fingerprint density at radius 1 is 1.14 bits per heavy atom. The molecule has 4 heterocycles. The average Bonchev–Trinajstić information content (AvgIpc) is 3.26. The SMILES string of the molecule is O=C(Cc1nc2cccc(-c3ccoc3)n2n1)c1ccco1. The molecule has 0 aliphatic rings. The molecular weight excluding hydrogens is 282 g/mol. The molecule has 4 aromatic heterocycles. The monoisotopic (exact) mass is 293 g/mol. The van der Waals surface area contributed by atoms with Crippen LogP contribution in [0.2, 0.25) is 0 Å². The first-order chi connectivity index (χ1) is 10.8. The molecule has 0 saturated heterocycles. The highest BCUT2D eigenvalue weighted by molar-refractivity contribution is 5.94. The number of hydrogen-bond donors (Lipinski definition) is 0. The first kappa shape index (κ1) is 12.6. The number of ketones is 1. The Labute approximate surface area is 125 Å². The highest BCUT2D eigenvalue weighted by atomic mass is 16.3. The minimum absolute atomic E-state index is 0.0972. The second-order valence-corrected chi connectivity index (χ2v) is 4.80. The molecule has 0 spiro atoms. The molecule has 0 aromatic carbocycles. The van der Waals surface area contributed by atoms with Gasteiger partial charge in [-0.2, -0.15) is 5.10 Å². The second-order valence-electron chi connectivity index (χ2n) is 4.80. The summed E-state index contributed by atoms with van der Waals surface area (Å²) in [6.45, 7) is 0. The Morgan fingerprint density at radius 2 is 2.09 bits per heavy atom. The van der Waals surface area contributed by atoms with Gasteiger partial charge in [0.15, 0.2) is 17.2 Å². The summed E-state index contributed by atoms with van der Waals surface area (Å²) in [6, 6.07) is 10.8. The summed E-state index contributed by atoms with van der Waals surface area (Å²) < 4.78 is 11.9. The first-order valence-electron chi connectivity index (χ1n) is 6.75. The molecule has 0 amide bonds. The van der Waals surface area contributed by atoms with Crippen LogP contribution in [0.15, 0.2) is 64.0 Å². The quantitative estimate of drug-likeness (QED) is 0.541. The molecule has 0 aliphatic heterocycles. The van der Waals surface area contributed by atoms with Gasteiger partial charge in [0.05, 0.1) is 30.9 Å². The molecule has 0 aliphatic carbocycles. The summed E-state index contributed by atoms with van der Waals surface area (Å²) in [5.41, 5.74) is 2.44. The summed E-state index contributed by atoms with van der Waals surface area (Å²) in [7, 11) is 0. The normalized spacial score (nSPS) is 11.1. The minimum atomic E-state index is -0.147. The number of carbonyl (C=O) groups is 1. The van der Waals surface area contributed by atoms with Crippen LogP contribution in [0, 0.1) is 0 Å². The van der Waals surface area contributed by atoms with Crippen LogP contribution in [-0.4, -0.2) is 20.4 Å². The molecule has 0 unspecified atom stereocenters. The van der Waals surface area contributed by atoms with Gasteiger partial charge in [-0.25, -0.2) is 9.50 Å². The maximum absolute atomic E-state index is 12.1. The summed E-state index contributed by atoms with van der Waals surface area (Å²) in [5, 5.41) is 4.42. The zero-order valence-corrected chi connectivity index (χ0v) is 11.5. The molecule has 22 heavy (non-hydrogen) atoms. The van der Waals surface area contributed by atoms with Crippen LogP contribution >= 0.6 is 0 Å². The molecule has 4 rings (SSSR count). The van der Waals surface area contributed by atoms with Gasteiger partial charge >= 0.3 is 0 Å². The number of carbonyl (C=O) groups excluding carboxylic acids is 1. The fraction of sp³-hybridized carbons (Fsp3) is 0.0625. The van der Waals surface area contributed by atoms with E-state index in [2.05, 4.69) is 10.1 Å². The van der Waals surface area contributed by atoms with Gasteiger partial charge in [0.25, 0.3) is 0 Å². The van der Waals surface area contributed by atoms with Crippen molar-refractivity contribution in [1.82, 2.24) is 14.6 Å². The standard InChI is InChI=1S/C16H11N3O3/c20-13(14-4-2-7-22-14)9-15-17-16-5-1-3-12(19(16)18-15)11-6-8-21-10-11/h1-8,10H,9H2. The molecule has 0 bridgehead atoms.